The summed E-state index contributed by atoms with van der Waals surface area (Å²) in [5.74, 6) is 2.28. The Kier molecular flexibility index (Phi) is 13.2. The average Bonchev–Trinajstić information content (AvgIpc) is 3.36. The van der Waals surface area contributed by atoms with Crippen LogP contribution in [0.2, 0.25) is 0 Å². The molecule has 308 valence electrons. The van der Waals surface area contributed by atoms with Gasteiger partial charge in [-0.05, 0) is 70.1 Å². The van der Waals surface area contributed by atoms with Gasteiger partial charge < -0.3 is 0 Å². The Bertz CT molecular complexity index is 2970. The van der Waals surface area contributed by atoms with Crippen LogP contribution in [0.25, 0.3) is 21.5 Å². The molecule has 0 aliphatic rings. The van der Waals surface area contributed by atoms with Crippen molar-refractivity contribution >= 4 is 58.3 Å². The molecule has 0 fully saturated rings. The third-order valence-corrected chi connectivity index (χ3v) is 11.9. The monoisotopic (exact) mass is 818 g/mol. The van der Waals surface area contributed by atoms with Crippen LogP contribution in [-0.4, -0.2) is 36.8 Å². The van der Waals surface area contributed by atoms with Crippen molar-refractivity contribution in [3.8, 4) is 0 Å². The summed E-state index contributed by atoms with van der Waals surface area (Å²) in [6, 6.07) is 66.8. The Hall–Kier alpha value is -7.70. The molecule has 0 atom stereocenters. The molecule has 8 aromatic carbocycles. The van der Waals surface area contributed by atoms with Crippen LogP contribution in [0, 0.1) is 0 Å². The van der Waals surface area contributed by atoms with E-state index in [0.717, 1.165) is 57.0 Å². The molecule has 0 saturated carbocycles. The first kappa shape index (κ1) is 42.0. The Morgan fingerprint density at radius 3 is 1.48 bits per heavy atom. The third-order valence-electron chi connectivity index (χ3n) is 11.9. The summed E-state index contributed by atoms with van der Waals surface area (Å²) < 4.78 is 0. The number of amidine groups is 4. The van der Waals surface area contributed by atoms with Gasteiger partial charge in [0.05, 0.1) is 13.1 Å². The summed E-state index contributed by atoms with van der Waals surface area (Å²) in [4.78, 5) is 29.0. The molecule has 0 aliphatic carbocycles. The third kappa shape index (κ3) is 9.31. The van der Waals surface area contributed by atoms with Crippen molar-refractivity contribution in [2.45, 2.75) is 45.2 Å². The zero-order valence-electron chi connectivity index (χ0n) is 35.9. The fourth-order valence-corrected chi connectivity index (χ4v) is 8.41. The number of hydrogen-bond acceptors (Lipinski definition) is 2. The molecule has 0 spiro atoms. The van der Waals surface area contributed by atoms with Crippen LogP contribution in [0.4, 0.5) is 0 Å². The molecule has 0 aromatic heterocycles. The molecule has 0 saturated heterocycles. The summed E-state index contributed by atoms with van der Waals surface area (Å²) in [6.45, 7) is 13.2. The van der Waals surface area contributed by atoms with Crippen molar-refractivity contribution < 1.29 is 0 Å². The van der Waals surface area contributed by atoms with E-state index in [0.29, 0.717) is 36.4 Å². The van der Waals surface area contributed by atoms with E-state index in [2.05, 4.69) is 146 Å². The van der Waals surface area contributed by atoms with Gasteiger partial charge in [-0.3, -0.25) is 9.98 Å². The summed E-state index contributed by atoms with van der Waals surface area (Å²) in [6.07, 6.45) is 1.86. The molecular formula is C57H50N6. The van der Waals surface area contributed by atoms with Gasteiger partial charge >= 0.3 is 0 Å². The van der Waals surface area contributed by atoms with Gasteiger partial charge in [-0.1, -0.05) is 208 Å². The Morgan fingerprint density at radius 2 is 0.873 bits per heavy atom. The van der Waals surface area contributed by atoms with Crippen molar-refractivity contribution in [3.63, 3.8) is 0 Å². The summed E-state index contributed by atoms with van der Waals surface area (Å²) in [7, 11) is 0. The second kappa shape index (κ2) is 19.8. The predicted molar refractivity (Wildman–Crippen MR) is 268 cm³/mol. The molecule has 0 aliphatic heterocycles. The maximum Gasteiger partial charge on any atom is 0.161 e. The standard InChI is InChI=1S/C57H50N6/c1-5-57(6-2,48-35-31-41(32-36-48)39-60-54(45-23-11-8-12-24-45)63-56(59-4)52-30-18-26-43-20-14-16-29-51(43)52)49-37-33-46(34-38-49)55(62-53(58-3)44-21-9-7-10-22-44)61-40-47-27-17-25-42-19-13-15-28-50(42)47/h7-38H,3-6,39-40H2,1-2H3. The number of rotatable bonds is 12. The smallest absolute Gasteiger partial charge is 0.161 e. The van der Waals surface area contributed by atoms with Gasteiger partial charge in [-0.25, -0.2) is 20.0 Å². The van der Waals surface area contributed by atoms with Crippen LogP contribution in [0.15, 0.2) is 224 Å². The summed E-state index contributed by atoms with van der Waals surface area (Å²) >= 11 is 0. The predicted octanol–water partition coefficient (Wildman–Crippen LogP) is 13.3. The van der Waals surface area contributed by atoms with Crippen molar-refractivity contribution in [2.24, 2.45) is 30.0 Å². The maximum absolute atomic E-state index is 5.14. The molecular weight excluding hydrogens is 769 g/mol. The topological polar surface area (TPSA) is 74.2 Å². The molecule has 63 heavy (non-hydrogen) atoms. The van der Waals surface area contributed by atoms with E-state index in [1.807, 2.05) is 84.9 Å². The fraction of sp³-hybridized carbons (Fsp3) is 0.123. The summed E-state index contributed by atoms with van der Waals surface area (Å²) in [5.41, 5.74) is 8.15. The Balaban J connectivity index is 1.09. The molecule has 8 rings (SSSR count). The second-order valence-electron chi connectivity index (χ2n) is 15.4. The van der Waals surface area contributed by atoms with Crippen molar-refractivity contribution in [2.75, 3.05) is 0 Å². The number of hydrogen-bond donors (Lipinski definition) is 0. The van der Waals surface area contributed by atoms with Gasteiger partial charge in [0.2, 0.25) is 0 Å². The quantitative estimate of drug-likeness (QED) is 0.0870. The van der Waals surface area contributed by atoms with Crippen molar-refractivity contribution in [1.29, 1.82) is 0 Å². The first-order valence-corrected chi connectivity index (χ1v) is 21.5. The highest BCUT2D eigenvalue weighted by molar-refractivity contribution is 6.17. The van der Waals surface area contributed by atoms with Crippen molar-refractivity contribution in [1.82, 2.24) is 0 Å². The van der Waals surface area contributed by atoms with Gasteiger partial charge in [0, 0.05) is 27.7 Å². The van der Waals surface area contributed by atoms with Gasteiger partial charge in [-0.15, -0.1) is 0 Å². The lowest BCUT2D eigenvalue weighted by Gasteiger charge is -2.33. The highest BCUT2D eigenvalue weighted by Gasteiger charge is 2.30. The van der Waals surface area contributed by atoms with Crippen molar-refractivity contribution in [3.05, 3.63) is 239 Å². The number of nitrogens with zero attached hydrogens (tertiary/aromatic N) is 6. The highest BCUT2D eigenvalue weighted by Crippen LogP contribution is 2.39. The van der Waals surface area contributed by atoms with E-state index < -0.39 is 0 Å². The van der Waals surface area contributed by atoms with Crippen LogP contribution in [0.1, 0.15) is 71.2 Å². The second-order valence-corrected chi connectivity index (χ2v) is 15.4. The largest absolute Gasteiger partial charge is 0.261 e. The van der Waals surface area contributed by atoms with Crippen LogP contribution in [0.5, 0.6) is 0 Å². The van der Waals surface area contributed by atoms with E-state index >= 15 is 0 Å². The van der Waals surface area contributed by atoms with E-state index in [4.69, 9.17) is 20.0 Å². The first-order chi connectivity index (χ1) is 31.0. The molecule has 0 N–H and O–H groups in total. The average molecular weight is 819 g/mol. The minimum Gasteiger partial charge on any atom is -0.261 e. The molecule has 6 heteroatoms. The maximum atomic E-state index is 5.14. The van der Waals surface area contributed by atoms with E-state index in [-0.39, 0.29) is 5.41 Å². The van der Waals surface area contributed by atoms with E-state index in [1.54, 1.807) is 0 Å². The van der Waals surface area contributed by atoms with Crippen LogP contribution >= 0.6 is 0 Å². The molecule has 0 unspecified atom stereocenters. The van der Waals surface area contributed by atoms with E-state index in [9.17, 15) is 0 Å². The van der Waals surface area contributed by atoms with Crippen LogP contribution in [-0.2, 0) is 18.5 Å². The lowest BCUT2D eigenvalue weighted by molar-refractivity contribution is 0.478. The highest BCUT2D eigenvalue weighted by atomic mass is 15.0. The van der Waals surface area contributed by atoms with Gasteiger partial charge in [-0.2, -0.15) is 0 Å². The van der Waals surface area contributed by atoms with Gasteiger partial charge in [0.1, 0.15) is 0 Å². The Labute approximate surface area is 370 Å². The van der Waals surface area contributed by atoms with Crippen LogP contribution < -0.4 is 0 Å². The Morgan fingerprint density at radius 1 is 0.413 bits per heavy atom. The first-order valence-electron chi connectivity index (χ1n) is 21.5. The number of aliphatic imine (C=N–C) groups is 6. The fourth-order valence-electron chi connectivity index (χ4n) is 8.41. The molecule has 0 heterocycles. The zero-order chi connectivity index (χ0) is 43.4. The number of fused-ring (bicyclic) bond motifs is 2. The number of benzene rings is 8. The minimum atomic E-state index is -0.204. The lowest BCUT2D eigenvalue weighted by Crippen LogP contribution is -2.26. The minimum absolute atomic E-state index is 0.204. The normalized spacial score (nSPS) is 12.7. The molecule has 0 radical (unpaired) electrons. The molecule has 6 nitrogen and oxygen atoms in total. The van der Waals surface area contributed by atoms with Gasteiger partial charge in [0.15, 0.2) is 23.3 Å². The zero-order valence-corrected chi connectivity index (χ0v) is 35.9. The van der Waals surface area contributed by atoms with Crippen LogP contribution in [0.3, 0.4) is 0 Å². The molecule has 0 amide bonds. The SMILES string of the molecule is C=NC(=NC(=NCc1cccc2ccccc12)c1ccc(C(CC)(CC)c2ccc(CN=C(N=C(N=C)c3cccc4ccccc34)c3ccccc3)cc2)cc1)c1ccccc1. The molecule has 8 aromatic rings. The summed E-state index contributed by atoms with van der Waals surface area (Å²) in [5, 5.41) is 4.56. The van der Waals surface area contributed by atoms with Gasteiger partial charge in [0.25, 0.3) is 0 Å². The lowest BCUT2D eigenvalue weighted by atomic mass is 9.70. The van der Waals surface area contributed by atoms with E-state index in [1.165, 1.54) is 21.9 Å². The molecule has 0 bridgehead atoms.